The number of aliphatic hydroxyl groups excluding tert-OH is 2. The zero-order valence-electron chi connectivity index (χ0n) is 39.0. The largest absolute Gasteiger partial charge is 0.466 e. The van der Waals surface area contributed by atoms with Gasteiger partial charge in [-0.3, -0.25) is 9.59 Å². The van der Waals surface area contributed by atoms with Crippen molar-refractivity contribution in [2.24, 2.45) is 0 Å². The third-order valence-corrected chi connectivity index (χ3v) is 12.1. The first-order chi connectivity index (χ1) is 28.5. The molecule has 2 atom stereocenters. The van der Waals surface area contributed by atoms with E-state index >= 15 is 0 Å². The first-order valence-corrected chi connectivity index (χ1v) is 25.9. The standard InChI is InChI=1S/C52H101NO5/c1-3-5-7-9-11-13-15-17-18-19-20-21-24-28-32-36-40-44-50(55)49(48-54)53-51(56)45-41-37-33-29-25-22-23-27-31-35-39-43-47-58-52(57)46-42-38-34-30-26-16-14-12-10-8-6-4-2/h12,14,49-50,54-55H,3-11,13,15-48H2,1-2H3,(H,53,56)/b14-12-. The van der Waals surface area contributed by atoms with Crippen molar-refractivity contribution in [2.45, 2.75) is 296 Å². The molecule has 2 unspecified atom stereocenters. The summed E-state index contributed by atoms with van der Waals surface area (Å²) < 4.78 is 5.44. The second-order valence-corrected chi connectivity index (χ2v) is 17.9. The van der Waals surface area contributed by atoms with E-state index in [1.165, 1.54) is 193 Å². The van der Waals surface area contributed by atoms with Crippen molar-refractivity contribution < 1.29 is 24.5 Å². The fourth-order valence-corrected chi connectivity index (χ4v) is 8.05. The van der Waals surface area contributed by atoms with Gasteiger partial charge in [0, 0.05) is 12.8 Å². The quantitative estimate of drug-likeness (QED) is 0.0323. The molecule has 6 heteroatoms. The predicted molar refractivity (Wildman–Crippen MR) is 250 cm³/mol. The Hall–Kier alpha value is -1.40. The normalized spacial score (nSPS) is 12.7. The molecule has 1 amide bonds. The number of esters is 1. The SMILES string of the molecule is CCCCC/C=C\CCCCCCCC(=O)OCCCCCCCCCCCCCCC(=O)NC(CO)C(O)CCCCCCCCCCCCCCCCCCC. The van der Waals surface area contributed by atoms with Crippen LogP contribution in [0.5, 0.6) is 0 Å². The van der Waals surface area contributed by atoms with Crippen LogP contribution in [0.2, 0.25) is 0 Å². The molecule has 0 heterocycles. The van der Waals surface area contributed by atoms with Crippen molar-refractivity contribution in [1.29, 1.82) is 0 Å². The summed E-state index contributed by atoms with van der Waals surface area (Å²) in [7, 11) is 0. The summed E-state index contributed by atoms with van der Waals surface area (Å²) in [5, 5.41) is 23.2. The minimum atomic E-state index is -0.674. The van der Waals surface area contributed by atoms with Crippen molar-refractivity contribution in [2.75, 3.05) is 13.2 Å². The van der Waals surface area contributed by atoms with Gasteiger partial charge in [-0.1, -0.05) is 231 Å². The summed E-state index contributed by atoms with van der Waals surface area (Å²) in [5.74, 6) is -0.0681. The Morgan fingerprint density at radius 2 is 0.810 bits per heavy atom. The molecule has 0 spiro atoms. The second kappa shape index (κ2) is 48.3. The topological polar surface area (TPSA) is 95.9 Å². The van der Waals surface area contributed by atoms with Gasteiger partial charge in [0.05, 0.1) is 25.4 Å². The molecule has 0 aliphatic heterocycles. The van der Waals surface area contributed by atoms with Crippen LogP contribution in [0.3, 0.4) is 0 Å². The summed E-state index contributed by atoms with van der Waals surface area (Å²) >= 11 is 0. The highest BCUT2D eigenvalue weighted by Crippen LogP contribution is 2.17. The van der Waals surface area contributed by atoms with Gasteiger partial charge in [-0.05, 0) is 51.4 Å². The fraction of sp³-hybridized carbons (Fsp3) is 0.923. The average Bonchev–Trinajstić information content (AvgIpc) is 3.22. The molecule has 0 bridgehead atoms. The highest BCUT2D eigenvalue weighted by Gasteiger charge is 2.20. The molecule has 0 fully saturated rings. The van der Waals surface area contributed by atoms with Gasteiger partial charge in [0.2, 0.25) is 5.91 Å². The van der Waals surface area contributed by atoms with Gasteiger partial charge in [-0.25, -0.2) is 0 Å². The Morgan fingerprint density at radius 3 is 1.26 bits per heavy atom. The molecule has 0 aromatic carbocycles. The maximum absolute atomic E-state index is 12.5. The van der Waals surface area contributed by atoms with Crippen molar-refractivity contribution in [3.05, 3.63) is 12.2 Å². The molecule has 0 aromatic heterocycles. The smallest absolute Gasteiger partial charge is 0.305 e. The highest BCUT2D eigenvalue weighted by atomic mass is 16.5. The highest BCUT2D eigenvalue weighted by molar-refractivity contribution is 5.76. The third-order valence-electron chi connectivity index (χ3n) is 12.1. The molecular weight excluding hydrogens is 719 g/mol. The van der Waals surface area contributed by atoms with Gasteiger partial charge in [-0.2, -0.15) is 0 Å². The Balaban J connectivity index is 3.47. The lowest BCUT2D eigenvalue weighted by Crippen LogP contribution is -2.45. The van der Waals surface area contributed by atoms with Crippen LogP contribution >= 0.6 is 0 Å². The number of amides is 1. The van der Waals surface area contributed by atoms with Gasteiger partial charge < -0.3 is 20.3 Å². The summed E-state index contributed by atoms with van der Waals surface area (Å²) in [6.45, 7) is 4.90. The molecule has 0 saturated heterocycles. The number of hydrogen-bond acceptors (Lipinski definition) is 5. The van der Waals surface area contributed by atoms with E-state index in [1.807, 2.05) is 0 Å². The monoisotopic (exact) mass is 820 g/mol. The van der Waals surface area contributed by atoms with Crippen LogP contribution < -0.4 is 5.32 Å². The summed E-state index contributed by atoms with van der Waals surface area (Å²) in [4.78, 5) is 24.4. The third kappa shape index (κ3) is 44.2. The molecule has 0 aliphatic rings. The number of unbranched alkanes of at least 4 members (excludes halogenated alkanes) is 35. The van der Waals surface area contributed by atoms with E-state index in [9.17, 15) is 19.8 Å². The van der Waals surface area contributed by atoms with E-state index in [2.05, 4.69) is 31.3 Å². The van der Waals surface area contributed by atoms with Crippen molar-refractivity contribution in [3.63, 3.8) is 0 Å². The number of hydrogen-bond donors (Lipinski definition) is 3. The first-order valence-electron chi connectivity index (χ1n) is 25.9. The van der Waals surface area contributed by atoms with Crippen LogP contribution in [-0.4, -0.2) is 47.4 Å². The molecule has 344 valence electrons. The number of carbonyl (C=O) groups is 2. The number of aliphatic hydroxyl groups is 2. The average molecular weight is 820 g/mol. The fourth-order valence-electron chi connectivity index (χ4n) is 8.05. The number of rotatable bonds is 48. The number of nitrogens with one attached hydrogen (secondary N) is 1. The van der Waals surface area contributed by atoms with E-state index in [-0.39, 0.29) is 18.5 Å². The van der Waals surface area contributed by atoms with E-state index in [0.717, 1.165) is 57.8 Å². The Labute approximate surface area is 361 Å². The molecule has 3 N–H and O–H groups in total. The lowest BCUT2D eigenvalue weighted by molar-refractivity contribution is -0.143. The molecule has 0 rings (SSSR count). The number of ether oxygens (including phenoxy) is 1. The number of carbonyl (C=O) groups excluding carboxylic acids is 2. The summed E-state index contributed by atoms with van der Waals surface area (Å²) in [5.41, 5.74) is 0. The van der Waals surface area contributed by atoms with Gasteiger partial charge in [0.15, 0.2) is 0 Å². The zero-order chi connectivity index (χ0) is 42.3. The first kappa shape index (κ1) is 56.6. The van der Waals surface area contributed by atoms with Crippen LogP contribution in [0.4, 0.5) is 0 Å². The summed E-state index contributed by atoms with van der Waals surface area (Å²) in [6.07, 6.45) is 54.6. The maximum atomic E-state index is 12.5. The molecule has 0 radical (unpaired) electrons. The van der Waals surface area contributed by atoms with Crippen LogP contribution in [0.25, 0.3) is 0 Å². The van der Waals surface area contributed by atoms with Crippen molar-refractivity contribution in [3.8, 4) is 0 Å². The molecule has 58 heavy (non-hydrogen) atoms. The van der Waals surface area contributed by atoms with E-state index in [4.69, 9.17) is 4.74 Å². The van der Waals surface area contributed by atoms with Crippen LogP contribution in [0.15, 0.2) is 12.2 Å². The minimum absolute atomic E-state index is 0.0189. The van der Waals surface area contributed by atoms with Gasteiger partial charge in [0.1, 0.15) is 0 Å². The van der Waals surface area contributed by atoms with Gasteiger partial charge in [-0.15, -0.1) is 0 Å². The van der Waals surface area contributed by atoms with Crippen LogP contribution in [0.1, 0.15) is 284 Å². The summed E-state index contributed by atoms with van der Waals surface area (Å²) in [6, 6.07) is -0.552. The van der Waals surface area contributed by atoms with Crippen LogP contribution in [-0.2, 0) is 14.3 Å². The Kier molecular flexibility index (Phi) is 47.1. The lowest BCUT2D eigenvalue weighted by atomic mass is 10.0. The Bertz CT molecular complexity index is 863. The lowest BCUT2D eigenvalue weighted by Gasteiger charge is -2.22. The van der Waals surface area contributed by atoms with Crippen LogP contribution in [0, 0.1) is 0 Å². The Morgan fingerprint density at radius 1 is 0.466 bits per heavy atom. The predicted octanol–water partition coefficient (Wildman–Crippen LogP) is 15.3. The van der Waals surface area contributed by atoms with E-state index in [1.54, 1.807) is 0 Å². The molecule has 0 aromatic rings. The van der Waals surface area contributed by atoms with Gasteiger partial charge >= 0.3 is 5.97 Å². The van der Waals surface area contributed by atoms with Gasteiger partial charge in [0.25, 0.3) is 0 Å². The van der Waals surface area contributed by atoms with E-state index < -0.39 is 12.1 Å². The van der Waals surface area contributed by atoms with Crippen molar-refractivity contribution in [1.82, 2.24) is 5.32 Å². The zero-order valence-corrected chi connectivity index (χ0v) is 39.0. The molecule has 0 aliphatic carbocycles. The van der Waals surface area contributed by atoms with E-state index in [0.29, 0.717) is 25.9 Å². The maximum Gasteiger partial charge on any atom is 0.305 e. The van der Waals surface area contributed by atoms with Crippen molar-refractivity contribution >= 4 is 11.9 Å². The number of allylic oxidation sites excluding steroid dienone is 2. The minimum Gasteiger partial charge on any atom is -0.466 e. The molecule has 0 saturated carbocycles. The second-order valence-electron chi connectivity index (χ2n) is 17.9. The molecular formula is C52H101NO5. The molecule has 6 nitrogen and oxygen atoms in total.